The van der Waals surface area contributed by atoms with Crippen LogP contribution in [0.5, 0.6) is 0 Å². The van der Waals surface area contributed by atoms with E-state index in [-0.39, 0.29) is 23.9 Å². The topological polar surface area (TPSA) is 120 Å². The maximum Gasteiger partial charge on any atom is 0.411 e. The van der Waals surface area contributed by atoms with Gasteiger partial charge in [-0.1, -0.05) is 17.8 Å². The SMILES string of the molecule is C=Cc1ccc(Br)nc1NC(=O)[C@@H]1C[C@@]2(CN=[N+]=[N-])C[C@H]2N1C(=O)OC(C)(C)C. The lowest BCUT2D eigenvalue weighted by atomic mass is 9.99. The van der Waals surface area contributed by atoms with E-state index in [1.807, 2.05) is 0 Å². The largest absolute Gasteiger partial charge is 0.444 e. The third-order valence-electron chi connectivity index (χ3n) is 5.13. The molecule has 1 aromatic rings. The normalized spacial score (nSPS) is 24.9. The van der Waals surface area contributed by atoms with Gasteiger partial charge in [0, 0.05) is 28.5 Å². The first-order valence-corrected chi connectivity index (χ1v) is 10.0. The number of ether oxygens (including phenoxy) is 1. The number of pyridine rings is 1. The molecule has 2 aliphatic rings. The predicted molar refractivity (Wildman–Crippen MR) is 112 cm³/mol. The minimum atomic E-state index is -0.740. The highest BCUT2D eigenvalue weighted by Gasteiger charge is 2.67. The fourth-order valence-corrected chi connectivity index (χ4v) is 4.06. The molecule has 0 unspecified atom stereocenters. The fourth-order valence-electron chi connectivity index (χ4n) is 3.75. The van der Waals surface area contributed by atoms with Crippen molar-refractivity contribution in [3.8, 4) is 0 Å². The van der Waals surface area contributed by atoms with E-state index in [0.29, 0.717) is 28.8 Å². The van der Waals surface area contributed by atoms with Crippen LogP contribution in [0.3, 0.4) is 0 Å². The Labute approximate surface area is 177 Å². The number of nitrogens with zero attached hydrogens (tertiary/aromatic N) is 5. The molecule has 2 fully saturated rings. The van der Waals surface area contributed by atoms with Crippen molar-refractivity contribution in [1.29, 1.82) is 0 Å². The van der Waals surface area contributed by atoms with Crippen molar-refractivity contribution in [2.75, 3.05) is 11.9 Å². The Morgan fingerprint density at radius 1 is 1.52 bits per heavy atom. The van der Waals surface area contributed by atoms with Crippen molar-refractivity contribution >= 4 is 39.8 Å². The molecule has 9 nitrogen and oxygen atoms in total. The molecule has 10 heteroatoms. The quantitative estimate of drug-likeness (QED) is 0.299. The number of rotatable bonds is 5. The van der Waals surface area contributed by atoms with Gasteiger partial charge in [0.2, 0.25) is 5.91 Å². The zero-order chi connectivity index (χ0) is 21.4. The number of carbonyl (C=O) groups is 2. The first kappa shape index (κ1) is 21.1. The highest BCUT2D eigenvalue weighted by atomic mass is 79.9. The van der Waals surface area contributed by atoms with Crippen LogP contribution in [0, 0.1) is 5.41 Å². The number of likely N-dealkylation sites (tertiary alicyclic amines) is 1. The van der Waals surface area contributed by atoms with Crippen molar-refractivity contribution in [1.82, 2.24) is 9.88 Å². The molecule has 1 aliphatic heterocycles. The maximum atomic E-state index is 13.1. The number of anilines is 1. The molecule has 1 aromatic heterocycles. The third-order valence-corrected chi connectivity index (χ3v) is 5.57. The van der Waals surface area contributed by atoms with Crippen LogP contribution < -0.4 is 5.32 Å². The van der Waals surface area contributed by atoms with Crippen LogP contribution in [0.15, 0.2) is 28.4 Å². The molecule has 29 heavy (non-hydrogen) atoms. The molecule has 2 heterocycles. The second-order valence-corrected chi connectivity index (χ2v) is 9.16. The van der Waals surface area contributed by atoms with Crippen molar-refractivity contribution in [3.63, 3.8) is 0 Å². The van der Waals surface area contributed by atoms with Crippen LogP contribution >= 0.6 is 15.9 Å². The Bertz CT molecular complexity index is 908. The molecule has 1 saturated carbocycles. The van der Waals surface area contributed by atoms with E-state index in [1.54, 1.807) is 39.0 Å². The third kappa shape index (κ3) is 4.38. The Morgan fingerprint density at radius 3 is 2.86 bits per heavy atom. The monoisotopic (exact) mass is 462 g/mol. The second-order valence-electron chi connectivity index (χ2n) is 8.34. The molecule has 0 spiro atoms. The summed E-state index contributed by atoms with van der Waals surface area (Å²) in [4.78, 5) is 34.6. The number of fused-ring (bicyclic) bond motifs is 1. The van der Waals surface area contributed by atoms with Crippen molar-refractivity contribution in [2.24, 2.45) is 10.5 Å². The first-order chi connectivity index (χ1) is 13.6. The molecular formula is C19H23BrN6O3. The van der Waals surface area contributed by atoms with E-state index < -0.39 is 17.7 Å². The zero-order valence-electron chi connectivity index (χ0n) is 16.6. The Kier molecular flexibility index (Phi) is 5.60. The van der Waals surface area contributed by atoms with E-state index in [4.69, 9.17) is 10.3 Å². The maximum absolute atomic E-state index is 13.1. The van der Waals surface area contributed by atoms with Gasteiger partial charge in [-0.25, -0.2) is 9.78 Å². The number of amides is 2. The van der Waals surface area contributed by atoms with E-state index in [9.17, 15) is 9.59 Å². The molecule has 3 atom stereocenters. The van der Waals surface area contributed by atoms with Gasteiger partial charge in [-0.05, 0) is 67.2 Å². The molecule has 0 radical (unpaired) electrons. The summed E-state index contributed by atoms with van der Waals surface area (Å²) in [5, 5.41) is 6.49. The van der Waals surface area contributed by atoms with E-state index in [0.717, 1.165) is 0 Å². The van der Waals surface area contributed by atoms with Gasteiger partial charge in [0.25, 0.3) is 0 Å². The number of piperidine rings is 1. The van der Waals surface area contributed by atoms with Crippen LogP contribution in [-0.4, -0.2) is 46.1 Å². The second kappa shape index (κ2) is 7.68. The number of hydrogen-bond acceptors (Lipinski definition) is 5. The molecule has 1 saturated heterocycles. The average Bonchev–Trinajstić information content (AvgIpc) is 3.22. The summed E-state index contributed by atoms with van der Waals surface area (Å²) in [6.07, 6.45) is 2.13. The van der Waals surface area contributed by atoms with Gasteiger partial charge >= 0.3 is 6.09 Å². The number of hydrogen-bond donors (Lipinski definition) is 1. The van der Waals surface area contributed by atoms with E-state index >= 15 is 0 Å². The summed E-state index contributed by atoms with van der Waals surface area (Å²) >= 11 is 3.29. The molecule has 154 valence electrons. The highest BCUT2D eigenvalue weighted by molar-refractivity contribution is 9.10. The Hall–Kier alpha value is -2.58. The Morgan fingerprint density at radius 2 is 2.24 bits per heavy atom. The predicted octanol–water partition coefficient (Wildman–Crippen LogP) is 4.50. The summed E-state index contributed by atoms with van der Waals surface area (Å²) in [5.74, 6) is -0.00902. The molecule has 0 bridgehead atoms. The van der Waals surface area contributed by atoms with Crippen LogP contribution in [0.4, 0.5) is 10.6 Å². The molecule has 2 amide bonds. The van der Waals surface area contributed by atoms with Gasteiger partial charge < -0.3 is 10.1 Å². The number of halogens is 1. The van der Waals surface area contributed by atoms with Gasteiger partial charge in [0.05, 0.1) is 0 Å². The standard InChI is InChI=1S/C19H23BrN6O3/c1-5-11-6-7-14(20)23-15(11)24-16(27)12-8-19(10-22-25-21)9-13(19)26(12)17(28)29-18(2,3)4/h5-7,12-13H,1,8-10H2,2-4H3,(H,23,24,27)/t12-,13+,19-/m0/s1. The number of nitrogens with one attached hydrogen (secondary N) is 1. The van der Waals surface area contributed by atoms with Crippen LogP contribution in [-0.2, 0) is 9.53 Å². The minimum absolute atomic E-state index is 0.187. The minimum Gasteiger partial charge on any atom is -0.444 e. The first-order valence-electron chi connectivity index (χ1n) is 9.22. The molecule has 3 rings (SSSR count). The average molecular weight is 463 g/mol. The van der Waals surface area contributed by atoms with Crippen molar-refractivity contribution in [2.45, 2.75) is 51.3 Å². The summed E-state index contributed by atoms with van der Waals surface area (Å²) < 4.78 is 6.09. The molecular weight excluding hydrogens is 440 g/mol. The summed E-state index contributed by atoms with van der Waals surface area (Å²) in [6, 6.07) is 2.60. The highest BCUT2D eigenvalue weighted by Crippen LogP contribution is 2.60. The summed E-state index contributed by atoms with van der Waals surface area (Å²) in [7, 11) is 0. The fraction of sp³-hybridized carbons (Fsp3) is 0.526. The summed E-state index contributed by atoms with van der Waals surface area (Å²) in [5.41, 5.74) is 8.29. The van der Waals surface area contributed by atoms with Gasteiger partial charge in [-0.3, -0.25) is 9.69 Å². The van der Waals surface area contributed by atoms with Crippen LogP contribution in [0.1, 0.15) is 39.2 Å². The van der Waals surface area contributed by atoms with E-state index in [1.165, 1.54) is 4.90 Å². The Balaban J connectivity index is 1.86. The molecule has 1 aliphatic carbocycles. The van der Waals surface area contributed by atoms with Gasteiger partial charge in [0.15, 0.2) is 0 Å². The molecule has 0 aromatic carbocycles. The van der Waals surface area contributed by atoms with Gasteiger partial charge in [-0.15, -0.1) is 0 Å². The zero-order valence-corrected chi connectivity index (χ0v) is 18.1. The van der Waals surface area contributed by atoms with Crippen molar-refractivity contribution < 1.29 is 14.3 Å². The number of aromatic nitrogens is 1. The van der Waals surface area contributed by atoms with Crippen LogP contribution in [0.25, 0.3) is 16.5 Å². The smallest absolute Gasteiger partial charge is 0.411 e. The number of carbonyl (C=O) groups excluding carboxylic acids is 2. The van der Waals surface area contributed by atoms with Gasteiger partial charge in [-0.2, -0.15) is 0 Å². The summed E-state index contributed by atoms with van der Waals surface area (Å²) in [6.45, 7) is 9.30. The van der Waals surface area contributed by atoms with Crippen molar-refractivity contribution in [3.05, 3.63) is 39.3 Å². The molecule has 1 N–H and O–H groups in total. The van der Waals surface area contributed by atoms with Gasteiger partial charge in [0.1, 0.15) is 22.1 Å². The number of azide groups is 1. The lowest BCUT2D eigenvalue weighted by Gasteiger charge is -2.29. The lowest BCUT2D eigenvalue weighted by Crippen LogP contribution is -2.47. The van der Waals surface area contributed by atoms with E-state index in [2.05, 4.69) is 42.8 Å². The van der Waals surface area contributed by atoms with Crippen LogP contribution in [0.2, 0.25) is 0 Å². The lowest BCUT2D eigenvalue weighted by molar-refractivity contribution is -0.121.